The highest BCUT2D eigenvalue weighted by molar-refractivity contribution is 7.16. The standard InChI is InChI=1S/C17H14ClFN2OS/c1-2-8-21-14-7-6-12(18)10-15(14)23-17(21)20-16(22)11-4-3-5-13(19)9-11/h3-7,9-10H,2,8H2,1H3. The Morgan fingerprint density at radius 2 is 2.13 bits per heavy atom. The first kappa shape index (κ1) is 15.9. The third kappa shape index (κ3) is 3.35. The molecule has 0 aliphatic heterocycles. The third-order valence-electron chi connectivity index (χ3n) is 3.36. The van der Waals surface area contributed by atoms with Crippen LogP contribution in [0, 0.1) is 5.82 Å². The van der Waals surface area contributed by atoms with Crippen LogP contribution in [0.1, 0.15) is 23.7 Å². The van der Waals surface area contributed by atoms with Gasteiger partial charge in [-0.05, 0) is 42.8 Å². The predicted octanol–water partition coefficient (Wildman–Crippen LogP) is 4.65. The number of hydrogen-bond acceptors (Lipinski definition) is 2. The molecule has 0 unspecified atom stereocenters. The minimum atomic E-state index is -0.452. The van der Waals surface area contributed by atoms with Crippen molar-refractivity contribution in [1.29, 1.82) is 0 Å². The van der Waals surface area contributed by atoms with Gasteiger partial charge >= 0.3 is 0 Å². The van der Waals surface area contributed by atoms with E-state index in [1.54, 1.807) is 6.07 Å². The molecule has 23 heavy (non-hydrogen) atoms. The average molecular weight is 349 g/mol. The maximum atomic E-state index is 13.3. The minimum absolute atomic E-state index is 0.239. The van der Waals surface area contributed by atoms with Crippen LogP contribution in [-0.2, 0) is 6.54 Å². The minimum Gasteiger partial charge on any atom is -0.316 e. The number of nitrogens with zero attached hydrogens (tertiary/aromatic N) is 2. The van der Waals surface area contributed by atoms with Crippen LogP contribution in [0.5, 0.6) is 0 Å². The topological polar surface area (TPSA) is 34.4 Å². The highest BCUT2D eigenvalue weighted by atomic mass is 35.5. The first-order valence-electron chi connectivity index (χ1n) is 7.22. The number of benzene rings is 2. The van der Waals surface area contributed by atoms with Crippen LogP contribution in [-0.4, -0.2) is 10.5 Å². The SMILES string of the molecule is CCCn1c(=NC(=O)c2cccc(F)c2)sc2cc(Cl)ccc21. The second-order valence-corrected chi connectivity index (χ2v) is 6.52. The lowest BCUT2D eigenvalue weighted by Crippen LogP contribution is -2.16. The number of carbonyl (C=O) groups is 1. The van der Waals surface area contributed by atoms with Gasteiger partial charge in [0.25, 0.3) is 5.91 Å². The summed E-state index contributed by atoms with van der Waals surface area (Å²) in [6.07, 6.45) is 0.913. The molecule has 1 heterocycles. The van der Waals surface area contributed by atoms with Gasteiger partial charge in [0.05, 0.1) is 10.2 Å². The molecule has 3 rings (SSSR count). The van der Waals surface area contributed by atoms with Crippen LogP contribution in [0.2, 0.25) is 5.02 Å². The molecule has 0 N–H and O–H groups in total. The van der Waals surface area contributed by atoms with Crippen molar-refractivity contribution < 1.29 is 9.18 Å². The summed E-state index contributed by atoms with van der Waals surface area (Å²) in [4.78, 5) is 17.1. The van der Waals surface area contributed by atoms with Gasteiger partial charge in [-0.2, -0.15) is 4.99 Å². The van der Waals surface area contributed by atoms with Crippen molar-refractivity contribution in [3.8, 4) is 0 Å². The van der Waals surface area contributed by atoms with Gasteiger partial charge in [-0.15, -0.1) is 0 Å². The van der Waals surface area contributed by atoms with Crippen molar-refractivity contribution in [3.05, 3.63) is 63.7 Å². The van der Waals surface area contributed by atoms with E-state index in [4.69, 9.17) is 11.6 Å². The van der Waals surface area contributed by atoms with E-state index in [1.807, 2.05) is 22.8 Å². The van der Waals surface area contributed by atoms with E-state index in [1.165, 1.54) is 29.5 Å². The van der Waals surface area contributed by atoms with Crippen LogP contribution in [0.15, 0.2) is 47.5 Å². The Hall–Kier alpha value is -1.98. The summed E-state index contributed by atoms with van der Waals surface area (Å²) >= 11 is 7.44. The van der Waals surface area contributed by atoms with Crippen molar-refractivity contribution in [3.63, 3.8) is 0 Å². The van der Waals surface area contributed by atoms with E-state index < -0.39 is 11.7 Å². The van der Waals surface area contributed by atoms with Gasteiger partial charge < -0.3 is 4.57 Å². The molecule has 0 bridgehead atoms. The number of hydrogen-bond donors (Lipinski definition) is 0. The predicted molar refractivity (Wildman–Crippen MR) is 91.4 cm³/mol. The number of fused-ring (bicyclic) bond motifs is 1. The molecule has 0 saturated heterocycles. The molecule has 0 fully saturated rings. The van der Waals surface area contributed by atoms with E-state index in [0.717, 1.165) is 23.2 Å². The molecule has 3 nitrogen and oxygen atoms in total. The zero-order chi connectivity index (χ0) is 16.4. The van der Waals surface area contributed by atoms with E-state index in [2.05, 4.69) is 11.9 Å². The Labute approximate surface area is 141 Å². The molecular formula is C17H14ClFN2OS. The van der Waals surface area contributed by atoms with Crippen LogP contribution >= 0.6 is 22.9 Å². The largest absolute Gasteiger partial charge is 0.316 e. The molecule has 0 aliphatic carbocycles. The molecule has 0 atom stereocenters. The fraction of sp³-hybridized carbons (Fsp3) is 0.176. The fourth-order valence-electron chi connectivity index (χ4n) is 2.34. The molecular weight excluding hydrogens is 335 g/mol. The average Bonchev–Trinajstić information content (AvgIpc) is 2.84. The van der Waals surface area contributed by atoms with Gasteiger partial charge in [-0.1, -0.05) is 35.9 Å². The normalized spacial score (nSPS) is 12.0. The van der Waals surface area contributed by atoms with Crippen LogP contribution in [0.3, 0.4) is 0 Å². The summed E-state index contributed by atoms with van der Waals surface area (Å²) in [5.41, 5.74) is 1.23. The maximum absolute atomic E-state index is 13.3. The van der Waals surface area contributed by atoms with Gasteiger partial charge in [0, 0.05) is 17.1 Å². The molecule has 118 valence electrons. The quantitative estimate of drug-likeness (QED) is 0.678. The molecule has 6 heteroatoms. The summed E-state index contributed by atoms with van der Waals surface area (Å²) in [5.74, 6) is -0.900. The third-order valence-corrected chi connectivity index (χ3v) is 4.64. The zero-order valence-electron chi connectivity index (χ0n) is 12.4. The lowest BCUT2D eigenvalue weighted by Gasteiger charge is -2.02. The van der Waals surface area contributed by atoms with Crippen LogP contribution in [0.25, 0.3) is 10.2 Å². The van der Waals surface area contributed by atoms with Crippen LogP contribution < -0.4 is 4.80 Å². The molecule has 0 radical (unpaired) electrons. The number of aromatic nitrogens is 1. The van der Waals surface area contributed by atoms with E-state index >= 15 is 0 Å². The first-order valence-corrected chi connectivity index (χ1v) is 8.41. The van der Waals surface area contributed by atoms with E-state index in [9.17, 15) is 9.18 Å². The number of amides is 1. The maximum Gasteiger partial charge on any atom is 0.279 e. The fourth-order valence-corrected chi connectivity index (χ4v) is 3.68. The van der Waals surface area contributed by atoms with Gasteiger partial charge in [-0.25, -0.2) is 4.39 Å². The van der Waals surface area contributed by atoms with Crippen molar-refractivity contribution in [2.75, 3.05) is 0 Å². The Kier molecular flexibility index (Phi) is 4.59. The molecule has 3 aromatic rings. The number of halogens is 2. The summed E-state index contributed by atoms with van der Waals surface area (Å²) in [5, 5.41) is 0.644. The monoisotopic (exact) mass is 348 g/mol. The van der Waals surface area contributed by atoms with Gasteiger partial charge in [0.15, 0.2) is 4.80 Å². The number of aryl methyl sites for hydroxylation is 1. The highest BCUT2D eigenvalue weighted by Crippen LogP contribution is 2.22. The molecule has 0 saturated carbocycles. The Morgan fingerprint density at radius 1 is 1.30 bits per heavy atom. The van der Waals surface area contributed by atoms with Crippen molar-refractivity contribution >= 4 is 39.1 Å². The van der Waals surface area contributed by atoms with Gasteiger partial charge in [-0.3, -0.25) is 4.79 Å². The summed E-state index contributed by atoms with van der Waals surface area (Å²) < 4.78 is 16.2. The highest BCUT2D eigenvalue weighted by Gasteiger charge is 2.10. The van der Waals surface area contributed by atoms with E-state index in [0.29, 0.717) is 9.82 Å². The summed E-state index contributed by atoms with van der Waals surface area (Å²) in [7, 11) is 0. The van der Waals surface area contributed by atoms with Crippen molar-refractivity contribution in [2.45, 2.75) is 19.9 Å². The number of thiazole rings is 1. The zero-order valence-corrected chi connectivity index (χ0v) is 14.0. The van der Waals surface area contributed by atoms with Crippen molar-refractivity contribution in [1.82, 2.24) is 4.57 Å². The Morgan fingerprint density at radius 3 is 2.87 bits per heavy atom. The molecule has 1 aromatic heterocycles. The smallest absolute Gasteiger partial charge is 0.279 e. The van der Waals surface area contributed by atoms with Crippen molar-refractivity contribution in [2.24, 2.45) is 4.99 Å². The molecule has 0 spiro atoms. The summed E-state index contributed by atoms with van der Waals surface area (Å²) in [6, 6.07) is 11.2. The Bertz CT molecular complexity index is 945. The number of carbonyl (C=O) groups excluding carboxylic acids is 1. The van der Waals surface area contributed by atoms with Gasteiger partial charge in [0.2, 0.25) is 0 Å². The lowest BCUT2D eigenvalue weighted by atomic mass is 10.2. The molecule has 0 aliphatic rings. The molecule has 2 aromatic carbocycles. The first-order chi connectivity index (χ1) is 11.1. The second kappa shape index (κ2) is 6.64. The Balaban J connectivity index is 2.14. The molecule has 1 amide bonds. The lowest BCUT2D eigenvalue weighted by molar-refractivity contribution is 0.0997. The number of rotatable bonds is 3. The van der Waals surface area contributed by atoms with Gasteiger partial charge in [0.1, 0.15) is 5.82 Å². The second-order valence-electron chi connectivity index (χ2n) is 5.08. The van der Waals surface area contributed by atoms with Crippen LogP contribution in [0.4, 0.5) is 4.39 Å². The van der Waals surface area contributed by atoms with E-state index in [-0.39, 0.29) is 5.56 Å². The summed E-state index contributed by atoms with van der Waals surface area (Å²) in [6.45, 7) is 2.81.